The molecular weight excluding hydrogens is 227 g/mol. The van der Waals surface area contributed by atoms with Crippen molar-refractivity contribution in [1.29, 1.82) is 0 Å². The summed E-state index contributed by atoms with van der Waals surface area (Å²) in [5.74, 6) is -0.644. The van der Waals surface area contributed by atoms with Crippen LogP contribution < -0.4 is 0 Å². The van der Waals surface area contributed by atoms with Crippen LogP contribution in [0.4, 0.5) is 0 Å². The summed E-state index contributed by atoms with van der Waals surface area (Å²) in [6.07, 6.45) is -0.115. The first kappa shape index (κ1) is 11.7. The maximum absolute atomic E-state index is 10.2. The second-order valence-corrected chi connectivity index (χ2v) is 1.45. The summed E-state index contributed by atoms with van der Waals surface area (Å²) in [7, 11) is 1.26. The van der Waals surface area contributed by atoms with Crippen molar-refractivity contribution in [2.75, 3.05) is 7.11 Å². The van der Waals surface area contributed by atoms with Crippen LogP contribution >= 0.6 is 0 Å². The largest absolute Gasteiger partial charge is 0.469 e. The summed E-state index contributed by atoms with van der Waals surface area (Å²) in [4.78, 5) is 20.3. The van der Waals surface area contributed by atoms with Crippen molar-refractivity contribution in [3.05, 3.63) is 0 Å². The Bertz CT molecular complexity index is 111. The number of Topliss-reactive ketones (excluding diaryl/α,β-unsaturated/α-hetero) is 1. The third-order valence-corrected chi connectivity index (χ3v) is 0.621. The van der Waals surface area contributed by atoms with E-state index >= 15 is 0 Å². The van der Waals surface area contributed by atoms with E-state index in [1.54, 1.807) is 0 Å². The fraction of sp³-hybridized carbons (Fsp3) is 0.600. The van der Waals surface area contributed by atoms with Gasteiger partial charge in [0.25, 0.3) is 0 Å². The molecule has 0 rings (SSSR count). The minimum absolute atomic E-state index is 0. The van der Waals surface area contributed by atoms with Crippen LogP contribution in [0.2, 0.25) is 0 Å². The first-order chi connectivity index (χ1) is 3.66. The van der Waals surface area contributed by atoms with Crippen molar-refractivity contribution >= 4 is 35.7 Å². The number of esters is 1. The Balaban J connectivity index is 0. The summed E-state index contributed by atoms with van der Waals surface area (Å²) in [5, 5.41) is 0. The molecule has 0 aromatic rings. The number of ether oxygens (including phenoxy) is 1. The van der Waals surface area contributed by atoms with Gasteiger partial charge in [0, 0.05) is 23.9 Å². The minimum Gasteiger partial charge on any atom is -0.469 e. The summed E-state index contributed by atoms with van der Waals surface area (Å²) >= 11 is 0. The molecule has 0 amide bonds. The molecule has 0 atom stereocenters. The van der Waals surface area contributed by atoms with Crippen LogP contribution in [-0.2, 0) is 14.3 Å². The smallest absolute Gasteiger partial charge is 0.313 e. The summed E-state index contributed by atoms with van der Waals surface area (Å²) in [6, 6.07) is 0. The van der Waals surface area contributed by atoms with E-state index in [1.165, 1.54) is 14.0 Å². The van der Waals surface area contributed by atoms with Crippen LogP contribution in [0.25, 0.3) is 0 Å². The fourth-order valence-electron chi connectivity index (χ4n) is 0.275. The molecule has 0 aromatic heterocycles. The second kappa shape index (κ2) is 6.06. The molecule has 0 fully saturated rings. The van der Waals surface area contributed by atoms with Gasteiger partial charge in [0.05, 0.1) is 7.11 Å². The van der Waals surface area contributed by atoms with Crippen molar-refractivity contribution < 1.29 is 14.3 Å². The molecule has 0 aliphatic heterocycles. The van der Waals surface area contributed by atoms with E-state index in [0.717, 1.165) is 0 Å². The first-order valence-electron chi connectivity index (χ1n) is 2.23. The Morgan fingerprint density at radius 3 is 2.00 bits per heavy atom. The monoisotopic (exact) mass is 236 g/mol. The molecule has 0 saturated heterocycles. The Morgan fingerprint density at radius 2 is 1.89 bits per heavy atom. The molecule has 0 spiro atoms. The van der Waals surface area contributed by atoms with Gasteiger partial charge in [-0.25, -0.2) is 0 Å². The molecular formula is C5H8O3Sn. The third-order valence-electron chi connectivity index (χ3n) is 0.621. The predicted octanol–water partition coefficient (Wildman–Crippen LogP) is -0.242. The van der Waals surface area contributed by atoms with E-state index < -0.39 is 5.97 Å². The van der Waals surface area contributed by atoms with Gasteiger partial charge in [-0.2, -0.15) is 0 Å². The Labute approximate surface area is 70.7 Å². The van der Waals surface area contributed by atoms with Gasteiger partial charge in [-0.05, 0) is 6.92 Å². The van der Waals surface area contributed by atoms with Crippen molar-refractivity contribution in [2.24, 2.45) is 0 Å². The number of hydrogen-bond donors (Lipinski definition) is 0. The van der Waals surface area contributed by atoms with Crippen LogP contribution in [0.1, 0.15) is 13.3 Å². The average Bonchev–Trinajstić information content (AvgIpc) is 1.65. The van der Waals surface area contributed by atoms with E-state index in [-0.39, 0.29) is 36.1 Å². The Kier molecular flexibility index (Phi) is 7.88. The maximum Gasteiger partial charge on any atom is 0.313 e. The molecule has 4 heteroatoms. The van der Waals surface area contributed by atoms with E-state index in [9.17, 15) is 9.59 Å². The van der Waals surface area contributed by atoms with Crippen molar-refractivity contribution in [1.82, 2.24) is 0 Å². The van der Waals surface area contributed by atoms with E-state index in [4.69, 9.17) is 0 Å². The average molecular weight is 235 g/mol. The van der Waals surface area contributed by atoms with Crippen LogP contribution in [-0.4, -0.2) is 42.8 Å². The number of carbonyl (C=O) groups excluding carboxylic acids is 2. The van der Waals surface area contributed by atoms with Gasteiger partial charge in [-0.1, -0.05) is 0 Å². The number of methoxy groups -OCH3 is 1. The van der Waals surface area contributed by atoms with Gasteiger partial charge in [-0.15, -0.1) is 0 Å². The minimum atomic E-state index is -0.475. The number of ketones is 1. The van der Waals surface area contributed by atoms with Crippen LogP contribution in [0, 0.1) is 0 Å². The second-order valence-electron chi connectivity index (χ2n) is 1.45. The number of carbonyl (C=O) groups is 2. The summed E-state index contributed by atoms with van der Waals surface area (Å²) < 4.78 is 4.20. The first-order valence-corrected chi connectivity index (χ1v) is 2.23. The van der Waals surface area contributed by atoms with Gasteiger partial charge in [0.15, 0.2) is 0 Å². The third kappa shape index (κ3) is 7.94. The molecule has 0 aromatic carbocycles. The molecule has 9 heavy (non-hydrogen) atoms. The zero-order valence-corrected chi connectivity index (χ0v) is 8.29. The quantitative estimate of drug-likeness (QED) is 0.376. The topological polar surface area (TPSA) is 43.4 Å². The number of hydrogen-bond acceptors (Lipinski definition) is 3. The molecule has 3 nitrogen and oxygen atoms in total. The van der Waals surface area contributed by atoms with E-state index in [1.807, 2.05) is 0 Å². The molecule has 50 valence electrons. The molecule has 0 bridgehead atoms. The SMILES string of the molecule is COC(=O)CC(C)=O.[Sn]. The number of rotatable bonds is 2. The molecule has 0 N–H and O–H groups in total. The van der Waals surface area contributed by atoms with Crippen LogP contribution in [0.5, 0.6) is 0 Å². The van der Waals surface area contributed by atoms with Crippen molar-refractivity contribution in [3.8, 4) is 0 Å². The zero-order chi connectivity index (χ0) is 6.57. The van der Waals surface area contributed by atoms with Crippen LogP contribution in [0.3, 0.4) is 0 Å². The van der Waals surface area contributed by atoms with Gasteiger partial charge in [0.2, 0.25) is 0 Å². The molecule has 0 heterocycles. The van der Waals surface area contributed by atoms with Gasteiger partial charge < -0.3 is 4.74 Å². The normalized spacial score (nSPS) is 7.33. The Hall–Kier alpha value is -0.0613. The molecule has 0 saturated carbocycles. The molecule has 0 aliphatic rings. The van der Waals surface area contributed by atoms with E-state index in [2.05, 4.69) is 4.74 Å². The van der Waals surface area contributed by atoms with Gasteiger partial charge in [-0.3, -0.25) is 9.59 Å². The standard InChI is InChI=1S/C5H8O3.Sn/c1-4(6)3-5(7)8-2;/h3H2,1-2H3;. The van der Waals surface area contributed by atoms with Gasteiger partial charge in [0.1, 0.15) is 12.2 Å². The zero-order valence-electron chi connectivity index (χ0n) is 5.43. The van der Waals surface area contributed by atoms with Gasteiger partial charge >= 0.3 is 5.97 Å². The fourth-order valence-corrected chi connectivity index (χ4v) is 0.275. The summed E-state index contributed by atoms with van der Waals surface area (Å²) in [6.45, 7) is 1.34. The van der Waals surface area contributed by atoms with Crippen molar-refractivity contribution in [3.63, 3.8) is 0 Å². The van der Waals surface area contributed by atoms with Crippen LogP contribution in [0.15, 0.2) is 0 Å². The molecule has 4 radical (unpaired) electrons. The molecule has 0 aliphatic carbocycles. The maximum atomic E-state index is 10.2. The Morgan fingerprint density at radius 1 is 1.44 bits per heavy atom. The predicted molar refractivity (Wildman–Crippen MR) is 33.1 cm³/mol. The van der Waals surface area contributed by atoms with Crippen molar-refractivity contribution in [2.45, 2.75) is 13.3 Å². The summed E-state index contributed by atoms with van der Waals surface area (Å²) in [5.41, 5.74) is 0. The van der Waals surface area contributed by atoms with E-state index in [0.29, 0.717) is 0 Å². The molecule has 0 unspecified atom stereocenters.